The van der Waals surface area contributed by atoms with E-state index in [9.17, 15) is 4.79 Å². The second kappa shape index (κ2) is 8.09. The zero-order valence-corrected chi connectivity index (χ0v) is 15.8. The summed E-state index contributed by atoms with van der Waals surface area (Å²) in [4.78, 5) is 16.8. The molecule has 0 spiro atoms. The van der Waals surface area contributed by atoms with Gasteiger partial charge in [0.2, 0.25) is 11.7 Å². The molecule has 7 nitrogen and oxygen atoms in total. The molecule has 0 saturated heterocycles. The fourth-order valence-corrected chi connectivity index (χ4v) is 2.70. The Balaban J connectivity index is 1.75. The van der Waals surface area contributed by atoms with E-state index >= 15 is 0 Å². The zero-order valence-electron chi connectivity index (χ0n) is 15.0. The first-order valence-electron chi connectivity index (χ1n) is 8.15. The smallest absolute Gasteiger partial charge is 0.252 e. The molecule has 0 unspecified atom stereocenters. The summed E-state index contributed by atoms with van der Waals surface area (Å²) >= 11 is 6.15. The molecule has 140 valence electrons. The van der Waals surface area contributed by atoms with Gasteiger partial charge in [-0.2, -0.15) is 4.98 Å². The van der Waals surface area contributed by atoms with Crippen molar-refractivity contribution in [1.29, 1.82) is 0 Å². The number of amides is 1. The average Bonchev–Trinajstić information content (AvgIpc) is 3.17. The molecule has 3 aromatic rings. The zero-order chi connectivity index (χ0) is 19.4. The van der Waals surface area contributed by atoms with Crippen LogP contribution in [0.3, 0.4) is 0 Å². The monoisotopic (exact) mass is 387 g/mol. The Morgan fingerprint density at radius 2 is 1.89 bits per heavy atom. The number of carbonyl (C=O) groups excluding carboxylic acids is 1. The standard InChI is InChI=1S/C19H18ClN3O4/c1-11(19-22-17(23-27-19)13-6-4-5-7-14(13)20)21-18(24)12-8-9-15(25-2)16(10-12)26-3/h4-11H,1-3H3,(H,21,24)/t11-/m1/s1. The maximum absolute atomic E-state index is 12.5. The fourth-order valence-electron chi connectivity index (χ4n) is 2.48. The molecule has 3 rings (SSSR count). The maximum atomic E-state index is 12.5. The Morgan fingerprint density at radius 3 is 2.59 bits per heavy atom. The molecule has 8 heteroatoms. The lowest BCUT2D eigenvalue weighted by Gasteiger charge is -2.12. The first-order valence-corrected chi connectivity index (χ1v) is 8.52. The van der Waals surface area contributed by atoms with Crippen LogP contribution in [0.25, 0.3) is 11.4 Å². The highest BCUT2D eigenvalue weighted by molar-refractivity contribution is 6.33. The number of nitrogens with one attached hydrogen (secondary N) is 1. The van der Waals surface area contributed by atoms with Gasteiger partial charge in [0.15, 0.2) is 11.5 Å². The van der Waals surface area contributed by atoms with Gasteiger partial charge in [0, 0.05) is 11.1 Å². The van der Waals surface area contributed by atoms with E-state index in [2.05, 4.69) is 15.5 Å². The van der Waals surface area contributed by atoms with Crippen LogP contribution in [0.1, 0.15) is 29.2 Å². The number of nitrogens with zero attached hydrogens (tertiary/aromatic N) is 2. The first-order chi connectivity index (χ1) is 13.0. The van der Waals surface area contributed by atoms with Gasteiger partial charge in [-0.15, -0.1) is 0 Å². The topological polar surface area (TPSA) is 86.5 Å². The molecule has 1 amide bonds. The molecule has 0 saturated carbocycles. The molecule has 0 aliphatic heterocycles. The molecule has 27 heavy (non-hydrogen) atoms. The number of halogens is 1. The molecule has 0 bridgehead atoms. The lowest BCUT2D eigenvalue weighted by Crippen LogP contribution is -2.26. The number of aromatic nitrogens is 2. The van der Waals surface area contributed by atoms with Crippen molar-refractivity contribution in [2.75, 3.05) is 14.2 Å². The molecule has 0 fully saturated rings. The molecule has 1 atom stereocenters. The minimum Gasteiger partial charge on any atom is -0.493 e. The highest BCUT2D eigenvalue weighted by Crippen LogP contribution is 2.28. The summed E-state index contributed by atoms with van der Waals surface area (Å²) in [5, 5.41) is 7.28. The van der Waals surface area contributed by atoms with E-state index in [-0.39, 0.29) is 11.8 Å². The number of hydrogen-bond acceptors (Lipinski definition) is 6. The lowest BCUT2D eigenvalue weighted by molar-refractivity contribution is 0.0932. The van der Waals surface area contributed by atoms with Crippen molar-refractivity contribution >= 4 is 17.5 Å². The number of methoxy groups -OCH3 is 2. The van der Waals surface area contributed by atoms with Gasteiger partial charge in [0.05, 0.1) is 19.2 Å². The van der Waals surface area contributed by atoms with Gasteiger partial charge in [0.25, 0.3) is 5.91 Å². The summed E-state index contributed by atoms with van der Waals surface area (Å²) in [6.07, 6.45) is 0. The molecule has 1 N–H and O–H groups in total. The first kappa shape index (κ1) is 18.7. The highest BCUT2D eigenvalue weighted by atomic mass is 35.5. The predicted octanol–water partition coefficient (Wildman–Crippen LogP) is 3.90. The van der Waals surface area contributed by atoms with Crippen molar-refractivity contribution in [2.24, 2.45) is 0 Å². The third kappa shape index (κ3) is 4.03. The van der Waals surface area contributed by atoms with Crippen LogP contribution in [-0.2, 0) is 0 Å². The highest BCUT2D eigenvalue weighted by Gasteiger charge is 2.20. The second-order valence-electron chi connectivity index (χ2n) is 5.70. The quantitative estimate of drug-likeness (QED) is 0.690. The number of ether oxygens (including phenoxy) is 2. The minimum absolute atomic E-state index is 0.277. The molecule has 1 aromatic heterocycles. The lowest BCUT2D eigenvalue weighted by atomic mass is 10.1. The van der Waals surface area contributed by atoms with E-state index in [1.54, 1.807) is 37.3 Å². The van der Waals surface area contributed by atoms with Crippen molar-refractivity contribution in [3.8, 4) is 22.9 Å². The summed E-state index contributed by atoms with van der Waals surface area (Å²) in [6.45, 7) is 1.75. The normalized spacial score (nSPS) is 11.7. The number of rotatable bonds is 6. The van der Waals surface area contributed by atoms with Crippen LogP contribution in [0, 0.1) is 0 Å². The predicted molar refractivity (Wildman–Crippen MR) is 100 cm³/mol. The Labute approximate surface area is 161 Å². The van der Waals surface area contributed by atoms with Gasteiger partial charge >= 0.3 is 0 Å². The summed E-state index contributed by atoms with van der Waals surface area (Å²) in [5.74, 6) is 1.35. The third-order valence-electron chi connectivity index (χ3n) is 3.92. The van der Waals surface area contributed by atoms with E-state index in [0.29, 0.717) is 33.5 Å². The number of carbonyl (C=O) groups is 1. The molecule has 0 aliphatic rings. The fraction of sp³-hybridized carbons (Fsp3) is 0.211. The largest absolute Gasteiger partial charge is 0.493 e. The van der Waals surface area contributed by atoms with E-state index < -0.39 is 6.04 Å². The summed E-state index contributed by atoms with van der Waals surface area (Å²) in [6, 6.07) is 11.6. The van der Waals surface area contributed by atoms with E-state index in [1.165, 1.54) is 14.2 Å². The van der Waals surface area contributed by atoms with Crippen molar-refractivity contribution in [2.45, 2.75) is 13.0 Å². The Hall–Kier alpha value is -3.06. The summed E-state index contributed by atoms with van der Waals surface area (Å²) < 4.78 is 15.7. The van der Waals surface area contributed by atoms with Crippen LogP contribution >= 0.6 is 11.6 Å². The number of benzene rings is 2. The van der Waals surface area contributed by atoms with Crippen LogP contribution < -0.4 is 14.8 Å². The molecule has 0 radical (unpaired) electrons. The Morgan fingerprint density at radius 1 is 1.15 bits per heavy atom. The minimum atomic E-state index is -0.491. The molecule has 2 aromatic carbocycles. The van der Waals surface area contributed by atoms with E-state index in [0.717, 1.165) is 0 Å². The second-order valence-corrected chi connectivity index (χ2v) is 6.11. The van der Waals surface area contributed by atoms with Crippen LogP contribution in [0.15, 0.2) is 47.0 Å². The van der Waals surface area contributed by atoms with Crippen LogP contribution in [0.2, 0.25) is 5.02 Å². The van der Waals surface area contributed by atoms with Crippen molar-refractivity contribution in [3.63, 3.8) is 0 Å². The van der Waals surface area contributed by atoms with Crippen LogP contribution in [-0.4, -0.2) is 30.3 Å². The summed E-state index contributed by atoms with van der Waals surface area (Å²) in [7, 11) is 3.04. The number of hydrogen-bond donors (Lipinski definition) is 1. The SMILES string of the molecule is COc1ccc(C(=O)N[C@H](C)c2nc(-c3ccccc3Cl)no2)cc1OC. The van der Waals surface area contributed by atoms with Gasteiger partial charge in [-0.25, -0.2) is 0 Å². The molecule has 0 aliphatic carbocycles. The Bertz CT molecular complexity index is 958. The van der Waals surface area contributed by atoms with Crippen molar-refractivity contribution < 1.29 is 18.8 Å². The van der Waals surface area contributed by atoms with Gasteiger partial charge in [-0.1, -0.05) is 28.9 Å². The maximum Gasteiger partial charge on any atom is 0.252 e. The molecular weight excluding hydrogens is 370 g/mol. The average molecular weight is 388 g/mol. The van der Waals surface area contributed by atoms with E-state index in [4.69, 9.17) is 25.6 Å². The Kier molecular flexibility index (Phi) is 5.61. The van der Waals surface area contributed by atoms with Crippen molar-refractivity contribution in [1.82, 2.24) is 15.5 Å². The van der Waals surface area contributed by atoms with Gasteiger partial charge < -0.3 is 19.3 Å². The molecule has 1 heterocycles. The van der Waals surface area contributed by atoms with Gasteiger partial charge in [0.1, 0.15) is 6.04 Å². The summed E-state index contributed by atoms with van der Waals surface area (Å²) in [5.41, 5.74) is 1.08. The van der Waals surface area contributed by atoms with Crippen molar-refractivity contribution in [3.05, 3.63) is 58.9 Å². The van der Waals surface area contributed by atoms with Gasteiger partial charge in [-0.3, -0.25) is 4.79 Å². The molecular formula is C19H18ClN3O4. The third-order valence-corrected chi connectivity index (χ3v) is 4.25. The van der Waals surface area contributed by atoms with Crippen LogP contribution in [0.5, 0.6) is 11.5 Å². The van der Waals surface area contributed by atoms with Crippen LogP contribution in [0.4, 0.5) is 0 Å². The van der Waals surface area contributed by atoms with Gasteiger partial charge in [-0.05, 0) is 37.3 Å². The van der Waals surface area contributed by atoms with E-state index in [1.807, 2.05) is 12.1 Å².